The standard InChI is InChI=1S/C28H19IO3.C2H6.CH4O/c1-31-24-15-18(14-21(29)28(24)30)25-26-19-8-4-2-6-16(19)10-12-22(26)32-23-13-11-17-7-3-5-9-20(17)27(23)25;2*1-2/h2-15,25,30H,1H3;1-2H3;2H,1H3. The molecule has 0 saturated heterocycles. The van der Waals surface area contributed by atoms with Crippen LogP contribution in [0.2, 0.25) is 0 Å². The van der Waals surface area contributed by atoms with Crippen LogP contribution in [0.5, 0.6) is 23.0 Å². The lowest BCUT2D eigenvalue weighted by atomic mass is 9.78. The zero-order valence-corrected chi connectivity index (χ0v) is 22.9. The fraction of sp³-hybridized carbons (Fsp3) is 0.161. The number of aliphatic hydroxyl groups is 1. The van der Waals surface area contributed by atoms with Crippen molar-refractivity contribution in [3.05, 3.63) is 105 Å². The van der Waals surface area contributed by atoms with Crippen molar-refractivity contribution in [1.29, 1.82) is 0 Å². The topological polar surface area (TPSA) is 58.9 Å². The Bertz CT molecular complexity index is 1440. The molecule has 184 valence electrons. The largest absolute Gasteiger partial charge is 0.504 e. The number of phenolic OH excluding ortho intramolecular Hbond substituents is 1. The Morgan fingerprint density at radius 3 is 1.75 bits per heavy atom. The second kappa shape index (κ2) is 11.2. The fourth-order valence-corrected chi connectivity index (χ4v) is 5.46. The van der Waals surface area contributed by atoms with E-state index in [0.717, 1.165) is 49.6 Å². The van der Waals surface area contributed by atoms with E-state index in [2.05, 4.69) is 95.4 Å². The van der Waals surface area contributed by atoms with Crippen LogP contribution < -0.4 is 9.47 Å². The van der Waals surface area contributed by atoms with E-state index in [9.17, 15) is 5.11 Å². The molecule has 2 N–H and O–H groups in total. The molecule has 5 heteroatoms. The highest BCUT2D eigenvalue weighted by molar-refractivity contribution is 14.1. The van der Waals surface area contributed by atoms with Crippen LogP contribution in [0.4, 0.5) is 0 Å². The summed E-state index contributed by atoms with van der Waals surface area (Å²) >= 11 is 2.17. The van der Waals surface area contributed by atoms with Gasteiger partial charge in [-0.1, -0.05) is 74.5 Å². The van der Waals surface area contributed by atoms with E-state index in [0.29, 0.717) is 5.75 Å². The van der Waals surface area contributed by atoms with Crippen LogP contribution >= 0.6 is 22.6 Å². The lowest BCUT2D eigenvalue weighted by Gasteiger charge is -2.31. The summed E-state index contributed by atoms with van der Waals surface area (Å²) in [6.45, 7) is 4.00. The van der Waals surface area contributed by atoms with Crippen LogP contribution in [0.1, 0.15) is 36.5 Å². The highest BCUT2D eigenvalue weighted by Gasteiger charge is 2.33. The number of aliphatic hydroxyl groups excluding tert-OH is 1. The van der Waals surface area contributed by atoms with E-state index in [1.165, 1.54) is 10.8 Å². The molecule has 0 amide bonds. The first-order chi connectivity index (χ1) is 17.7. The highest BCUT2D eigenvalue weighted by Crippen LogP contribution is 2.53. The van der Waals surface area contributed by atoms with E-state index in [4.69, 9.17) is 14.6 Å². The maximum Gasteiger partial charge on any atom is 0.171 e. The summed E-state index contributed by atoms with van der Waals surface area (Å²) in [4.78, 5) is 0. The fourth-order valence-electron chi connectivity index (χ4n) is 4.84. The Morgan fingerprint density at radius 1 is 0.750 bits per heavy atom. The Morgan fingerprint density at radius 2 is 1.25 bits per heavy atom. The molecule has 0 aliphatic carbocycles. The lowest BCUT2D eigenvalue weighted by Crippen LogP contribution is -2.13. The van der Waals surface area contributed by atoms with E-state index in [1.807, 2.05) is 26.0 Å². The van der Waals surface area contributed by atoms with Crippen molar-refractivity contribution in [3.63, 3.8) is 0 Å². The van der Waals surface area contributed by atoms with Gasteiger partial charge in [0.15, 0.2) is 11.5 Å². The van der Waals surface area contributed by atoms with Gasteiger partial charge in [-0.3, -0.25) is 0 Å². The number of ether oxygens (including phenoxy) is 2. The molecule has 6 rings (SSSR count). The van der Waals surface area contributed by atoms with Gasteiger partial charge in [0.1, 0.15) is 11.5 Å². The number of hydrogen-bond donors (Lipinski definition) is 2. The number of benzene rings is 5. The number of phenols is 1. The Hall–Kier alpha value is -3.29. The predicted molar refractivity (Wildman–Crippen MR) is 156 cm³/mol. The SMILES string of the molecule is CC.CO.COc1cc(C2c3c(ccc4ccccc34)Oc3ccc4ccccc4c32)cc(I)c1O. The highest BCUT2D eigenvalue weighted by atomic mass is 127. The van der Waals surface area contributed by atoms with Crippen molar-refractivity contribution in [3.8, 4) is 23.0 Å². The first-order valence-corrected chi connectivity index (χ1v) is 13.0. The predicted octanol–water partition coefficient (Wildman–Crippen LogP) is 8.23. The molecule has 5 aromatic carbocycles. The summed E-state index contributed by atoms with van der Waals surface area (Å²) in [6, 6.07) is 29.2. The molecule has 36 heavy (non-hydrogen) atoms. The van der Waals surface area contributed by atoms with Crippen molar-refractivity contribution in [2.45, 2.75) is 19.8 Å². The summed E-state index contributed by atoms with van der Waals surface area (Å²) in [7, 11) is 2.59. The van der Waals surface area contributed by atoms with E-state index in [-0.39, 0.29) is 11.7 Å². The van der Waals surface area contributed by atoms with Gasteiger partial charge in [0, 0.05) is 24.2 Å². The van der Waals surface area contributed by atoms with Gasteiger partial charge in [-0.15, -0.1) is 0 Å². The number of methoxy groups -OCH3 is 1. The number of hydrogen-bond acceptors (Lipinski definition) is 4. The summed E-state index contributed by atoms with van der Waals surface area (Å²) in [6.07, 6.45) is 0. The molecule has 0 radical (unpaired) electrons. The summed E-state index contributed by atoms with van der Waals surface area (Å²) in [5, 5.41) is 22.2. The number of aromatic hydroxyl groups is 1. The Balaban J connectivity index is 0.000000726. The third-order valence-corrected chi connectivity index (χ3v) is 7.08. The minimum Gasteiger partial charge on any atom is -0.504 e. The number of rotatable bonds is 2. The van der Waals surface area contributed by atoms with Gasteiger partial charge >= 0.3 is 0 Å². The Labute approximate surface area is 225 Å². The molecule has 0 saturated carbocycles. The van der Waals surface area contributed by atoms with E-state index >= 15 is 0 Å². The van der Waals surface area contributed by atoms with Crippen molar-refractivity contribution >= 4 is 44.1 Å². The van der Waals surface area contributed by atoms with Crippen LogP contribution in [-0.2, 0) is 0 Å². The van der Waals surface area contributed by atoms with E-state index in [1.54, 1.807) is 7.11 Å². The minimum atomic E-state index is -0.0750. The zero-order valence-electron chi connectivity index (χ0n) is 20.7. The molecule has 0 atom stereocenters. The molecule has 4 nitrogen and oxygen atoms in total. The molecule has 1 aliphatic rings. The second-order valence-electron chi connectivity index (χ2n) is 7.99. The van der Waals surface area contributed by atoms with Crippen molar-refractivity contribution < 1.29 is 19.7 Å². The number of fused-ring (bicyclic) bond motifs is 6. The third-order valence-electron chi connectivity index (χ3n) is 6.26. The molecule has 0 fully saturated rings. The molecule has 0 spiro atoms. The normalized spacial score (nSPS) is 11.8. The van der Waals surface area contributed by atoms with Crippen molar-refractivity contribution in [2.24, 2.45) is 0 Å². The molecule has 0 aromatic heterocycles. The third kappa shape index (κ3) is 4.38. The minimum absolute atomic E-state index is 0.0750. The van der Waals surface area contributed by atoms with Crippen LogP contribution in [0.3, 0.4) is 0 Å². The summed E-state index contributed by atoms with van der Waals surface area (Å²) in [5.74, 6) is 2.29. The van der Waals surface area contributed by atoms with Gasteiger partial charge in [0.2, 0.25) is 0 Å². The average Bonchev–Trinajstić information content (AvgIpc) is 2.95. The van der Waals surface area contributed by atoms with Crippen LogP contribution in [0.15, 0.2) is 84.9 Å². The van der Waals surface area contributed by atoms with Crippen molar-refractivity contribution in [2.75, 3.05) is 14.2 Å². The molecule has 0 unspecified atom stereocenters. The first-order valence-electron chi connectivity index (χ1n) is 11.9. The summed E-state index contributed by atoms with van der Waals surface area (Å²) in [5.41, 5.74) is 3.33. The van der Waals surface area contributed by atoms with Crippen LogP contribution in [-0.4, -0.2) is 24.4 Å². The Kier molecular flexibility index (Phi) is 8.01. The first kappa shape index (κ1) is 25.8. The summed E-state index contributed by atoms with van der Waals surface area (Å²) < 4.78 is 12.8. The van der Waals surface area contributed by atoms with Gasteiger partial charge in [-0.25, -0.2) is 0 Å². The monoisotopic (exact) mass is 592 g/mol. The van der Waals surface area contributed by atoms with Gasteiger partial charge in [-0.2, -0.15) is 0 Å². The molecule has 5 aromatic rings. The maximum atomic E-state index is 10.5. The van der Waals surface area contributed by atoms with Gasteiger partial charge < -0.3 is 19.7 Å². The molecular formula is C31H29IO4. The molecule has 1 heterocycles. The molecule has 1 aliphatic heterocycles. The second-order valence-corrected chi connectivity index (χ2v) is 9.15. The average molecular weight is 592 g/mol. The van der Waals surface area contributed by atoms with Crippen molar-refractivity contribution in [1.82, 2.24) is 0 Å². The molecule has 0 bridgehead atoms. The molecular weight excluding hydrogens is 563 g/mol. The zero-order chi connectivity index (χ0) is 25.8. The van der Waals surface area contributed by atoms with Gasteiger partial charge in [0.05, 0.1) is 10.7 Å². The van der Waals surface area contributed by atoms with E-state index < -0.39 is 0 Å². The van der Waals surface area contributed by atoms with Crippen LogP contribution in [0.25, 0.3) is 21.5 Å². The number of halogens is 1. The maximum absolute atomic E-state index is 10.5. The van der Waals surface area contributed by atoms with Crippen LogP contribution in [0, 0.1) is 3.57 Å². The van der Waals surface area contributed by atoms with Gasteiger partial charge in [0.25, 0.3) is 0 Å². The quantitative estimate of drug-likeness (QED) is 0.199. The van der Waals surface area contributed by atoms with Gasteiger partial charge in [-0.05, 0) is 74.0 Å². The smallest absolute Gasteiger partial charge is 0.171 e. The lowest BCUT2D eigenvalue weighted by molar-refractivity contribution is 0.371.